The molecule has 2 nitrogen and oxygen atoms in total. The lowest BCUT2D eigenvalue weighted by Crippen LogP contribution is -2.13. The Morgan fingerprint density at radius 3 is 2.86 bits per heavy atom. The fraction of sp³-hybridized carbons (Fsp3) is 0.750. The third-order valence-electron chi connectivity index (χ3n) is 2.58. The van der Waals surface area contributed by atoms with Crippen LogP contribution in [0.25, 0.3) is 0 Å². The van der Waals surface area contributed by atoms with Crippen molar-refractivity contribution in [3.8, 4) is 0 Å². The van der Waals surface area contributed by atoms with Crippen LogP contribution in [-0.2, 0) is 9.53 Å². The van der Waals surface area contributed by atoms with Gasteiger partial charge in [0.1, 0.15) is 0 Å². The molecule has 0 radical (unpaired) electrons. The second kappa shape index (κ2) is 5.18. The molecule has 2 unspecified atom stereocenters. The van der Waals surface area contributed by atoms with Crippen molar-refractivity contribution in [1.82, 2.24) is 0 Å². The van der Waals surface area contributed by atoms with E-state index in [0.717, 1.165) is 6.42 Å². The van der Waals surface area contributed by atoms with E-state index in [2.05, 4.69) is 19.9 Å². The second-order valence-corrected chi connectivity index (χ2v) is 4.33. The van der Waals surface area contributed by atoms with Crippen molar-refractivity contribution >= 4 is 5.97 Å². The van der Waals surface area contributed by atoms with Gasteiger partial charge in [-0.2, -0.15) is 0 Å². The van der Waals surface area contributed by atoms with Crippen LogP contribution in [0.15, 0.2) is 11.6 Å². The van der Waals surface area contributed by atoms with E-state index in [1.807, 2.05) is 6.92 Å². The first-order valence-electron chi connectivity index (χ1n) is 5.47. The molecule has 0 heterocycles. The average Bonchev–Trinajstić information content (AvgIpc) is 2.01. The second-order valence-electron chi connectivity index (χ2n) is 4.33. The first-order chi connectivity index (χ1) is 6.61. The number of ether oxygens (including phenoxy) is 1. The molecule has 14 heavy (non-hydrogen) atoms. The summed E-state index contributed by atoms with van der Waals surface area (Å²) in [6.07, 6.45) is 5.02. The summed E-state index contributed by atoms with van der Waals surface area (Å²) in [5, 5.41) is 0. The van der Waals surface area contributed by atoms with Gasteiger partial charge in [0.25, 0.3) is 0 Å². The topological polar surface area (TPSA) is 26.3 Å². The molecule has 0 bridgehead atoms. The van der Waals surface area contributed by atoms with E-state index in [1.54, 1.807) is 0 Å². The zero-order valence-corrected chi connectivity index (χ0v) is 9.38. The first kappa shape index (κ1) is 11.3. The van der Waals surface area contributed by atoms with Crippen LogP contribution in [0, 0.1) is 11.8 Å². The molecule has 0 spiro atoms. The van der Waals surface area contributed by atoms with Crippen molar-refractivity contribution in [2.24, 2.45) is 11.8 Å². The van der Waals surface area contributed by atoms with Crippen LogP contribution in [0.1, 0.15) is 40.0 Å². The predicted octanol–water partition coefficient (Wildman–Crippen LogP) is 2.93. The number of hydrogen-bond donors (Lipinski definition) is 0. The summed E-state index contributed by atoms with van der Waals surface area (Å²) in [6, 6.07) is 0. The number of esters is 1. The van der Waals surface area contributed by atoms with E-state index in [9.17, 15) is 4.79 Å². The molecule has 0 amide bonds. The van der Waals surface area contributed by atoms with Crippen LogP contribution >= 0.6 is 0 Å². The molecule has 0 N–H and O–H groups in total. The predicted molar refractivity (Wildman–Crippen MR) is 56.9 cm³/mol. The Hall–Kier alpha value is -0.790. The van der Waals surface area contributed by atoms with Crippen molar-refractivity contribution < 1.29 is 9.53 Å². The first-order valence-corrected chi connectivity index (χ1v) is 5.47. The van der Waals surface area contributed by atoms with E-state index in [1.165, 1.54) is 12.0 Å². The maximum absolute atomic E-state index is 11.3. The Kier molecular flexibility index (Phi) is 4.18. The fourth-order valence-electron chi connectivity index (χ4n) is 2.23. The number of allylic oxidation sites excluding steroid dienone is 1. The van der Waals surface area contributed by atoms with Crippen LogP contribution in [-0.4, -0.2) is 12.6 Å². The number of carbonyl (C=O) groups is 1. The minimum atomic E-state index is -0.0833. The summed E-state index contributed by atoms with van der Waals surface area (Å²) in [6.45, 7) is 6.78. The molecular weight excluding hydrogens is 176 g/mol. The quantitative estimate of drug-likeness (QED) is 0.512. The lowest BCUT2D eigenvalue weighted by Gasteiger charge is -2.23. The van der Waals surface area contributed by atoms with Gasteiger partial charge >= 0.3 is 5.97 Å². The van der Waals surface area contributed by atoms with Gasteiger partial charge in [0.05, 0.1) is 13.0 Å². The molecular formula is C12H20O2. The highest BCUT2D eigenvalue weighted by molar-refractivity contribution is 5.72. The highest BCUT2D eigenvalue weighted by Gasteiger charge is 2.18. The van der Waals surface area contributed by atoms with Gasteiger partial charge in [0, 0.05) is 0 Å². The lowest BCUT2D eigenvalue weighted by atomic mass is 9.83. The van der Waals surface area contributed by atoms with Gasteiger partial charge in [0.2, 0.25) is 0 Å². The van der Waals surface area contributed by atoms with Crippen molar-refractivity contribution in [2.45, 2.75) is 40.0 Å². The molecule has 2 atom stereocenters. The summed E-state index contributed by atoms with van der Waals surface area (Å²) >= 11 is 0. The van der Waals surface area contributed by atoms with Crippen LogP contribution in [0.2, 0.25) is 0 Å². The zero-order chi connectivity index (χ0) is 10.6. The Morgan fingerprint density at radius 2 is 2.29 bits per heavy atom. The average molecular weight is 196 g/mol. The molecule has 0 aromatic heterocycles. The van der Waals surface area contributed by atoms with E-state index >= 15 is 0 Å². The molecule has 0 aromatic carbocycles. The van der Waals surface area contributed by atoms with Gasteiger partial charge in [-0.3, -0.25) is 4.79 Å². The molecule has 1 rings (SSSR count). The van der Waals surface area contributed by atoms with E-state index < -0.39 is 0 Å². The summed E-state index contributed by atoms with van der Waals surface area (Å²) in [4.78, 5) is 11.3. The third kappa shape index (κ3) is 3.52. The molecule has 0 aliphatic heterocycles. The van der Waals surface area contributed by atoms with Gasteiger partial charge in [-0.15, -0.1) is 0 Å². The zero-order valence-electron chi connectivity index (χ0n) is 9.38. The summed E-state index contributed by atoms with van der Waals surface area (Å²) in [7, 11) is 0. The molecule has 0 saturated carbocycles. The maximum atomic E-state index is 11.3. The van der Waals surface area contributed by atoms with Crippen LogP contribution in [0.4, 0.5) is 0 Å². The summed E-state index contributed by atoms with van der Waals surface area (Å²) < 4.78 is 4.94. The molecule has 1 aliphatic rings. The highest BCUT2D eigenvalue weighted by atomic mass is 16.5. The Bertz CT molecular complexity index is 230. The van der Waals surface area contributed by atoms with E-state index in [0.29, 0.717) is 24.9 Å². The number of hydrogen-bond acceptors (Lipinski definition) is 2. The molecule has 2 heteroatoms. The van der Waals surface area contributed by atoms with Crippen LogP contribution in [0.5, 0.6) is 0 Å². The SMILES string of the molecule is CCOC(=O)CC1=CC(C)CC(C)C1. The minimum Gasteiger partial charge on any atom is -0.466 e. The largest absolute Gasteiger partial charge is 0.466 e. The number of rotatable bonds is 3. The van der Waals surface area contributed by atoms with Crippen LogP contribution < -0.4 is 0 Å². The normalized spacial score (nSPS) is 26.9. The van der Waals surface area contributed by atoms with Gasteiger partial charge in [-0.25, -0.2) is 0 Å². The van der Waals surface area contributed by atoms with Crippen molar-refractivity contribution in [1.29, 1.82) is 0 Å². The monoisotopic (exact) mass is 196 g/mol. The fourth-order valence-corrected chi connectivity index (χ4v) is 2.23. The van der Waals surface area contributed by atoms with E-state index in [4.69, 9.17) is 4.74 Å². The van der Waals surface area contributed by atoms with Crippen molar-refractivity contribution in [3.05, 3.63) is 11.6 Å². The van der Waals surface area contributed by atoms with Gasteiger partial charge in [-0.1, -0.05) is 25.5 Å². The summed E-state index contributed by atoms with van der Waals surface area (Å²) in [5.74, 6) is 1.24. The lowest BCUT2D eigenvalue weighted by molar-refractivity contribution is -0.142. The smallest absolute Gasteiger partial charge is 0.309 e. The van der Waals surface area contributed by atoms with Gasteiger partial charge < -0.3 is 4.74 Å². The number of carbonyl (C=O) groups excluding carboxylic acids is 1. The summed E-state index contributed by atoms with van der Waals surface area (Å²) in [5.41, 5.74) is 1.26. The minimum absolute atomic E-state index is 0.0833. The third-order valence-corrected chi connectivity index (χ3v) is 2.58. The molecule has 0 fully saturated rings. The Balaban J connectivity index is 2.47. The van der Waals surface area contributed by atoms with Gasteiger partial charge in [0.15, 0.2) is 0 Å². The van der Waals surface area contributed by atoms with Crippen molar-refractivity contribution in [3.63, 3.8) is 0 Å². The Morgan fingerprint density at radius 1 is 1.57 bits per heavy atom. The molecule has 0 saturated heterocycles. The molecule has 1 aliphatic carbocycles. The van der Waals surface area contributed by atoms with Gasteiger partial charge in [-0.05, 0) is 31.6 Å². The highest BCUT2D eigenvalue weighted by Crippen LogP contribution is 2.29. The maximum Gasteiger partial charge on any atom is 0.309 e. The molecule has 80 valence electrons. The molecule has 0 aromatic rings. The Labute approximate surface area is 86.3 Å². The van der Waals surface area contributed by atoms with E-state index in [-0.39, 0.29) is 5.97 Å². The standard InChI is InChI=1S/C12H20O2/c1-4-14-12(13)8-11-6-9(2)5-10(3)7-11/h6,9-10H,4-5,7-8H2,1-3H3. The van der Waals surface area contributed by atoms with Crippen molar-refractivity contribution in [2.75, 3.05) is 6.61 Å². The van der Waals surface area contributed by atoms with Crippen LogP contribution in [0.3, 0.4) is 0 Å².